The van der Waals surface area contributed by atoms with Crippen molar-refractivity contribution in [1.29, 1.82) is 0 Å². The van der Waals surface area contributed by atoms with Crippen LogP contribution in [-0.2, 0) is 14.3 Å². The van der Waals surface area contributed by atoms with E-state index in [2.05, 4.69) is 4.74 Å². The van der Waals surface area contributed by atoms with Gasteiger partial charge in [0.15, 0.2) is 0 Å². The lowest BCUT2D eigenvalue weighted by atomic mass is 10.2. The number of amides is 1. The molecule has 0 radical (unpaired) electrons. The zero-order chi connectivity index (χ0) is 12.0. The fourth-order valence-corrected chi connectivity index (χ4v) is 1.76. The number of carbonyl (C=O) groups is 2. The van der Waals surface area contributed by atoms with Crippen molar-refractivity contribution in [3.05, 3.63) is 0 Å². The van der Waals surface area contributed by atoms with E-state index in [4.69, 9.17) is 4.74 Å². The van der Waals surface area contributed by atoms with Crippen LogP contribution in [0.3, 0.4) is 0 Å². The smallest absolute Gasteiger partial charge is 0.410 e. The highest BCUT2D eigenvalue weighted by molar-refractivity contribution is 5.82. The number of ether oxygens (including phenoxy) is 2. The molecule has 1 fully saturated rings. The van der Waals surface area contributed by atoms with Gasteiger partial charge >= 0.3 is 12.1 Å². The summed E-state index contributed by atoms with van der Waals surface area (Å²) in [6, 6.07) is -0.454. The van der Waals surface area contributed by atoms with E-state index < -0.39 is 12.1 Å². The van der Waals surface area contributed by atoms with Gasteiger partial charge in [0.2, 0.25) is 0 Å². The van der Waals surface area contributed by atoms with Gasteiger partial charge in [0.1, 0.15) is 6.04 Å². The Hall–Kier alpha value is -1.26. The highest BCUT2D eigenvalue weighted by Crippen LogP contribution is 2.19. The van der Waals surface area contributed by atoms with E-state index >= 15 is 0 Å². The molecule has 1 aliphatic rings. The molecule has 0 aromatic carbocycles. The summed E-state index contributed by atoms with van der Waals surface area (Å²) >= 11 is 0. The summed E-state index contributed by atoms with van der Waals surface area (Å²) in [7, 11) is 1.32. The Balaban J connectivity index is 2.44. The molecule has 1 amide bonds. The van der Waals surface area contributed by atoms with Crippen LogP contribution in [0.2, 0.25) is 0 Å². The third kappa shape index (κ3) is 3.12. The standard InChI is InChI=1S/C11H19NO4/c1-3-4-8-16-10(13)9-6-5-7-12(9)11(14)15-2/h9H,3-8H2,1-2H3. The van der Waals surface area contributed by atoms with Crippen LogP contribution in [0, 0.1) is 0 Å². The van der Waals surface area contributed by atoms with Gasteiger partial charge in [0, 0.05) is 6.54 Å². The van der Waals surface area contributed by atoms with Crippen LogP contribution < -0.4 is 0 Å². The average molecular weight is 229 g/mol. The number of nitrogens with zero attached hydrogens (tertiary/aromatic N) is 1. The number of methoxy groups -OCH3 is 1. The fraction of sp³-hybridized carbons (Fsp3) is 0.818. The van der Waals surface area contributed by atoms with Gasteiger partial charge < -0.3 is 9.47 Å². The second-order valence-corrected chi connectivity index (χ2v) is 3.84. The summed E-state index contributed by atoms with van der Waals surface area (Å²) in [6.45, 7) is 3.03. The van der Waals surface area contributed by atoms with Crippen LogP contribution in [0.15, 0.2) is 0 Å². The van der Waals surface area contributed by atoms with Gasteiger partial charge in [-0.15, -0.1) is 0 Å². The molecular weight excluding hydrogens is 210 g/mol. The molecule has 1 heterocycles. The first kappa shape index (κ1) is 12.8. The first-order valence-corrected chi connectivity index (χ1v) is 5.72. The number of hydrogen-bond donors (Lipinski definition) is 0. The molecule has 5 heteroatoms. The molecule has 1 rings (SSSR count). The molecule has 1 aliphatic heterocycles. The van der Waals surface area contributed by atoms with Crippen LogP contribution in [0.4, 0.5) is 4.79 Å². The molecule has 0 saturated carbocycles. The minimum Gasteiger partial charge on any atom is -0.464 e. The second-order valence-electron chi connectivity index (χ2n) is 3.84. The highest BCUT2D eigenvalue weighted by Gasteiger charge is 2.35. The van der Waals surface area contributed by atoms with Crippen LogP contribution in [0.5, 0.6) is 0 Å². The van der Waals surface area contributed by atoms with Crippen LogP contribution in [0.1, 0.15) is 32.6 Å². The molecule has 1 saturated heterocycles. The maximum absolute atomic E-state index is 11.7. The minimum absolute atomic E-state index is 0.309. The SMILES string of the molecule is CCCCOC(=O)C1CCCN1C(=O)OC. The third-order valence-electron chi connectivity index (χ3n) is 2.68. The van der Waals surface area contributed by atoms with Crippen molar-refractivity contribution in [2.75, 3.05) is 20.3 Å². The fourth-order valence-electron chi connectivity index (χ4n) is 1.76. The molecular formula is C11H19NO4. The van der Waals surface area contributed by atoms with Crippen molar-refractivity contribution >= 4 is 12.1 Å². The van der Waals surface area contributed by atoms with E-state index in [0.717, 1.165) is 19.3 Å². The van der Waals surface area contributed by atoms with E-state index in [0.29, 0.717) is 19.6 Å². The number of rotatable bonds is 4. The Kier molecular flexibility index (Phi) is 5.08. The Labute approximate surface area is 95.7 Å². The first-order valence-electron chi connectivity index (χ1n) is 5.72. The van der Waals surface area contributed by atoms with Gasteiger partial charge in [-0.2, -0.15) is 0 Å². The predicted octanol–water partition coefficient (Wildman–Crippen LogP) is 1.56. The Bertz CT molecular complexity index is 254. The number of hydrogen-bond acceptors (Lipinski definition) is 4. The summed E-state index contributed by atoms with van der Waals surface area (Å²) < 4.78 is 9.72. The van der Waals surface area contributed by atoms with Crippen molar-refractivity contribution in [3.8, 4) is 0 Å². The van der Waals surface area contributed by atoms with Gasteiger partial charge in [-0.05, 0) is 19.3 Å². The zero-order valence-corrected chi connectivity index (χ0v) is 9.90. The molecule has 92 valence electrons. The molecule has 0 aromatic heterocycles. The Morgan fingerprint density at radius 3 is 2.81 bits per heavy atom. The lowest BCUT2D eigenvalue weighted by Crippen LogP contribution is -2.41. The van der Waals surface area contributed by atoms with Crippen LogP contribution in [-0.4, -0.2) is 43.3 Å². The molecule has 1 unspecified atom stereocenters. The summed E-state index contributed by atoms with van der Waals surface area (Å²) in [5.41, 5.74) is 0. The van der Waals surface area contributed by atoms with Crippen molar-refractivity contribution in [1.82, 2.24) is 4.90 Å². The molecule has 5 nitrogen and oxygen atoms in total. The van der Waals surface area contributed by atoms with Crippen LogP contribution in [0.25, 0.3) is 0 Å². The third-order valence-corrected chi connectivity index (χ3v) is 2.68. The summed E-state index contributed by atoms with van der Waals surface area (Å²) in [4.78, 5) is 24.5. The molecule has 16 heavy (non-hydrogen) atoms. The summed E-state index contributed by atoms with van der Waals surface area (Å²) in [5, 5.41) is 0. The van der Waals surface area contributed by atoms with E-state index in [1.165, 1.54) is 12.0 Å². The molecule has 0 aromatic rings. The van der Waals surface area contributed by atoms with Gasteiger partial charge in [-0.1, -0.05) is 13.3 Å². The van der Waals surface area contributed by atoms with Crippen LogP contribution >= 0.6 is 0 Å². The maximum Gasteiger partial charge on any atom is 0.410 e. The Morgan fingerprint density at radius 1 is 1.44 bits per heavy atom. The zero-order valence-electron chi connectivity index (χ0n) is 9.90. The topological polar surface area (TPSA) is 55.8 Å². The summed E-state index contributed by atoms with van der Waals surface area (Å²) in [6.07, 6.45) is 2.88. The highest BCUT2D eigenvalue weighted by atomic mass is 16.6. The number of carbonyl (C=O) groups excluding carboxylic acids is 2. The molecule has 0 spiro atoms. The predicted molar refractivity (Wildman–Crippen MR) is 58.0 cm³/mol. The lowest BCUT2D eigenvalue weighted by molar-refractivity contribution is -0.148. The number of esters is 1. The Morgan fingerprint density at radius 2 is 2.19 bits per heavy atom. The normalized spacial score (nSPS) is 19.6. The monoisotopic (exact) mass is 229 g/mol. The molecule has 0 bridgehead atoms. The minimum atomic E-state index is -0.454. The van der Waals surface area contributed by atoms with E-state index in [-0.39, 0.29) is 5.97 Å². The number of unbranched alkanes of at least 4 members (excludes halogenated alkanes) is 1. The average Bonchev–Trinajstić information content (AvgIpc) is 2.77. The van der Waals surface area contributed by atoms with Gasteiger partial charge in [0.05, 0.1) is 13.7 Å². The van der Waals surface area contributed by atoms with E-state index in [1.807, 2.05) is 6.92 Å². The molecule has 0 N–H and O–H groups in total. The lowest BCUT2D eigenvalue weighted by Gasteiger charge is -2.21. The quantitative estimate of drug-likeness (QED) is 0.542. The van der Waals surface area contributed by atoms with Gasteiger partial charge in [-0.25, -0.2) is 9.59 Å². The molecule has 1 atom stereocenters. The molecule has 0 aliphatic carbocycles. The van der Waals surface area contributed by atoms with Crippen molar-refractivity contribution in [2.45, 2.75) is 38.6 Å². The van der Waals surface area contributed by atoms with E-state index in [9.17, 15) is 9.59 Å². The van der Waals surface area contributed by atoms with Crippen molar-refractivity contribution < 1.29 is 19.1 Å². The van der Waals surface area contributed by atoms with E-state index in [1.54, 1.807) is 0 Å². The van der Waals surface area contributed by atoms with Crippen molar-refractivity contribution in [3.63, 3.8) is 0 Å². The number of likely N-dealkylation sites (tertiary alicyclic amines) is 1. The van der Waals surface area contributed by atoms with Crippen molar-refractivity contribution in [2.24, 2.45) is 0 Å². The first-order chi connectivity index (χ1) is 7.70. The largest absolute Gasteiger partial charge is 0.464 e. The summed E-state index contributed by atoms with van der Waals surface area (Å²) in [5.74, 6) is -0.309. The maximum atomic E-state index is 11.7. The van der Waals surface area contributed by atoms with Gasteiger partial charge in [-0.3, -0.25) is 4.90 Å². The van der Waals surface area contributed by atoms with Gasteiger partial charge in [0.25, 0.3) is 0 Å². The second kappa shape index (κ2) is 6.35.